The number of aldehydes is 1. The van der Waals surface area contributed by atoms with Crippen molar-refractivity contribution in [3.63, 3.8) is 0 Å². The summed E-state index contributed by atoms with van der Waals surface area (Å²) < 4.78 is 0. The number of aliphatic hydroxyl groups excluding tert-OH is 1. The topological polar surface area (TPSA) is 118 Å². The SMILES string of the molecule is C=C(C)[C@@H]1CC/C(C)=C/CC[C@]2(C=O)[C@@H](CC3=C[C@H]2C/C(C)=C/[C@H](O)c2cc(O)c(cc2O)C/C(C)=C\CC3)Cc2cc(O)cc1c2O. The van der Waals surface area contributed by atoms with E-state index in [-0.39, 0.29) is 46.3 Å². The second kappa shape index (κ2) is 14.6. The van der Waals surface area contributed by atoms with Crippen LogP contribution in [0.4, 0.5) is 0 Å². The molecule has 6 rings (SSSR count). The molecule has 0 spiro atoms. The van der Waals surface area contributed by atoms with Crippen molar-refractivity contribution >= 4 is 6.29 Å². The Labute approximate surface area is 285 Å². The molecule has 6 nitrogen and oxygen atoms in total. The van der Waals surface area contributed by atoms with Crippen LogP contribution in [0.2, 0.25) is 0 Å². The van der Waals surface area contributed by atoms with Gasteiger partial charge in [0, 0.05) is 28.0 Å². The van der Waals surface area contributed by atoms with Crippen molar-refractivity contribution in [3.05, 3.63) is 105 Å². The van der Waals surface area contributed by atoms with Gasteiger partial charge in [0.2, 0.25) is 0 Å². The van der Waals surface area contributed by atoms with Crippen LogP contribution in [0.1, 0.15) is 113 Å². The fraction of sp³-hybridized carbons (Fsp3) is 0.452. The van der Waals surface area contributed by atoms with E-state index in [0.29, 0.717) is 48.8 Å². The first-order valence-corrected chi connectivity index (χ1v) is 17.4. The third-order valence-electron chi connectivity index (χ3n) is 11.1. The summed E-state index contributed by atoms with van der Waals surface area (Å²) in [5.41, 5.74) is 6.74. The minimum atomic E-state index is -1.14. The van der Waals surface area contributed by atoms with Gasteiger partial charge in [-0.15, -0.1) is 0 Å². The number of hydrogen-bond acceptors (Lipinski definition) is 6. The van der Waals surface area contributed by atoms with Crippen LogP contribution < -0.4 is 0 Å². The highest BCUT2D eigenvalue weighted by Gasteiger charge is 2.47. The van der Waals surface area contributed by atoms with Crippen molar-refractivity contribution in [3.8, 4) is 23.0 Å². The maximum atomic E-state index is 13.6. The van der Waals surface area contributed by atoms with E-state index in [1.165, 1.54) is 23.3 Å². The number of aliphatic hydroxyl groups is 1. The number of hydrogen-bond donors (Lipinski definition) is 5. The van der Waals surface area contributed by atoms with Crippen molar-refractivity contribution in [2.45, 2.75) is 104 Å². The number of aromatic hydroxyl groups is 4. The summed E-state index contributed by atoms with van der Waals surface area (Å²) >= 11 is 0. The Bertz CT molecular complexity index is 1690. The lowest BCUT2D eigenvalue weighted by atomic mass is 9.56. The van der Waals surface area contributed by atoms with Crippen LogP contribution in [-0.4, -0.2) is 31.8 Å². The Morgan fingerprint density at radius 2 is 1.58 bits per heavy atom. The summed E-state index contributed by atoms with van der Waals surface area (Å²) in [6, 6.07) is 6.29. The molecule has 5 atom stereocenters. The molecule has 0 aliphatic heterocycles. The molecular formula is C42H52O6. The van der Waals surface area contributed by atoms with Crippen molar-refractivity contribution in [2.24, 2.45) is 17.3 Å². The van der Waals surface area contributed by atoms with E-state index in [1.807, 2.05) is 20.8 Å². The van der Waals surface area contributed by atoms with Gasteiger partial charge in [-0.25, -0.2) is 0 Å². The first-order chi connectivity index (χ1) is 22.8. The van der Waals surface area contributed by atoms with Crippen LogP contribution in [0.15, 0.2) is 83.0 Å². The quantitative estimate of drug-likeness (QED) is 0.125. The molecule has 256 valence electrons. The second-order valence-electron chi connectivity index (χ2n) is 14.8. The Morgan fingerprint density at radius 3 is 2.31 bits per heavy atom. The molecule has 4 aliphatic rings. The van der Waals surface area contributed by atoms with E-state index in [4.69, 9.17) is 0 Å². The van der Waals surface area contributed by atoms with Crippen LogP contribution in [0.5, 0.6) is 23.0 Å². The number of fused-ring (bicyclic) bond motifs is 10. The van der Waals surface area contributed by atoms with Crippen LogP contribution >= 0.6 is 0 Å². The number of phenols is 4. The summed E-state index contributed by atoms with van der Waals surface area (Å²) in [6.07, 6.45) is 15.1. The summed E-state index contributed by atoms with van der Waals surface area (Å²) in [6.45, 7) is 12.3. The number of benzene rings is 2. The molecule has 6 heteroatoms. The summed E-state index contributed by atoms with van der Waals surface area (Å²) in [7, 11) is 0. The minimum absolute atomic E-state index is 0.0374. The lowest BCUT2D eigenvalue weighted by Crippen LogP contribution is -2.43. The standard InChI is InChI=1S/C42H52O6/c1-25(2)35-12-11-26(3)9-7-13-42(24-43)32-15-28(5)16-39(46)37-23-38(45)30(21-40(37)47)14-27(4)8-6-10-29(17-32)18-33(42)19-31-20-34(44)22-36(35)41(31)48/h8-9,16-17,20-24,32-33,35,39,44-48H,1,6-7,10-15,18-19H2,2-5H3/b26-9+,27-8-,28-16+/t32-,33+,35+,39+,42-/m1/s1. The van der Waals surface area contributed by atoms with E-state index in [2.05, 4.69) is 31.7 Å². The smallest absolute Gasteiger partial charge is 0.127 e. The number of allylic oxidation sites excluding steroid dienone is 8. The lowest BCUT2D eigenvalue weighted by Gasteiger charge is -2.46. The predicted octanol–water partition coefficient (Wildman–Crippen LogP) is 9.33. The van der Waals surface area contributed by atoms with Gasteiger partial charge in [-0.2, -0.15) is 0 Å². The van der Waals surface area contributed by atoms with Gasteiger partial charge in [-0.05, 0) is 134 Å². The van der Waals surface area contributed by atoms with Crippen LogP contribution in [0, 0.1) is 17.3 Å². The molecule has 2 aromatic carbocycles. The third kappa shape index (κ3) is 7.49. The van der Waals surface area contributed by atoms with Gasteiger partial charge in [0.15, 0.2) is 0 Å². The van der Waals surface area contributed by atoms with Gasteiger partial charge in [0.25, 0.3) is 0 Å². The average Bonchev–Trinajstić information content (AvgIpc) is 3.01. The van der Waals surface area contributed by atoms with Gasteiger partial charge in [0.1, 0.15) is 35.4 Å². The van der Waals surface area contributed by atoms with Crippen molar-refractivity contribution in [1.29, 1.82) is 0 Å². The van der Waals surface area contributed by atoms with Crippen LogP contribution in [0.3, 0.4) is 0 Å². The molecule has 6 bridgehead atoms. The molecule has 5 N–H and O–H groups in total. The van der Waals surface area contributed by atoms with Gasteiger partial charge in [0.05, 0.1) is 0 Å². The zero-order chi connectivity index (χ0) is 34.7. The first kappa shape index (κ1) is 35.3. The fourth-order valence-corrected chi connectivity index (χ4v) is 8.41. The molecule has 4 aliphatic carbocycles. The molecule has 0 amide bonds. The van der Waals surface area contributed by atoms with Crippen molar-refractivity contribution in [1.82, 2.24) is 0 Å². The Balaban J connectivity index is 1.64. The van der Waals surface area contributed by atoms with E-state index in [0.717, 1.165) is 55.1 Å². The Hall–Kier alpha value is -4.03. The molecule has 0 heterocycles. The zero-order valence-corrected chi connectivity index (χ0v) is 28.9. The molecule has 2 aromatic rings. The van der Waals surface area contributed by atoms with Gasteiger partial charge in [-0.1, -0.05) is 58.7 Å². The molecule has 48 heavy (non-hydrogen) atoms. The maximum absolute atomic E-state index is 13.6. The number of rotatable bonds is 2. The van der Waals surface area contributed by atoms with Crippen LogP contribution in [-0.2, 0) is 17.6 Å². The zero-order valence-electron chi connectivity index (χ0n) is 28.9. The van der Waals surface area contributed by atoms with Gasteiger partial charge >= 0.3 is 0 Å². The second-order valence-corrected chi connectivity index (χ2v) is 14.8. The van der Waals surface area contributed by atoms with Crippen LogP contribution in [0.25, 0.3) is 0 Å². The maximum Gasteiger partial charge on any atom is 0.127 e. The molecule has 0 aromatic heterocycles. The minimum Gasteiger partial charge on any atom is -0.508 e. The molecule has 0 saturated heterocycles. The molecule has 0 saturated carbocycles. The van der Waals surface area contributed by atoms with E-state index < -0.39 is 11.5 Å². The monoisotopic (exact) mass is 652 g/mol. The highest BCUT2D eigenvalue weighted by Crippen LogP contribution is 2.52. The predicted molar refractivity (Wildman–Crippen MR) is 191 cm³/mol. The lowest BCUT2D eigenvalue weighted by molar-refractivity contribution is -0.123. The number of carbonyl (C=O) groups excluding carboxylic acids is 1. The summed E-state index contributed by atoms with van der Waals surface area (Å²) in [5, 5.41) is 55.4. The molecule has 0 radical (unpaired) electrons. The van der Waals surface area contributed by atoms with E-state index in [9.17, 15) is 30.3 Å². The highest BCUT2D eigenvalue weighted by atomic mass is 16.3. The summed E-state index contributed by atoms with van der Waals surface area (Å²) in [4.78, 5) is 13.6. The van der Waals surface area contributed by atoms with Gasteiger partial charge in [-0.3, -0.25) is 0 Å². The highest BCUT2D eigenvalue weighted by molar-refractivity contribution is 5.63. The van der Waals surface area contributed by atoms with Gasteiger partial charge < -0.3 is 30.3 Å². The number of phenolic OH excluding ortho intramolecular Hbond substituents is 4. The first-order valence-electron chi connectivity index (χ1n) is 17.4. The molecular weight excluding hydrogens is 600 g/mol. The third-order valence-corrected chi connectivity index (χ3v) is 11.1. The molecule has 0 fully saturated rings. The van der Waals surface area contributed by atoms with Crippen molar-refractivity contribution < 1.29 is 30.3 Å². The molecule has 0 unspecified atom stereocenters. The van der Waals surface area contributed by atoms with E-state index >= 15 is 0 Å². The Morgan fingerprint density at radius 1 is 0.833 bits per heavy atom. The largest absolute Gasteiger partial charge is 0.508 e. The summed E-state index contributed by atoms with van der Waals surface area (Å²) in [5.74, 6) is -0.166. The normalized spacial score (nSPS) is 30.4. The number of carbonyl (C=O) groups is 1. The Kier molecular flexibility index (Phi) is 10.7. The average molecular weight is 653 g/mol. The fourth-order valence-electron chi connectivity index (χ4n) is 8.41. The van der Waals surface area contributed by atoms with E-state index in [1.54, 1.807) is 18.2 Å². The van der Waals surface area contributed by atoms with Crippen molar-refractivity contribution in [2.75, 3.05) is 0 Å².